The number of esters is 4. The highest BCUT2D eigenvalue weighted by atomic mass is 16.6. The lowest BCUT2D eigenvalue weighted by Crippen LogP contribution is -2.46. The molecule has 1 fully saturated rings. The summed E-state index contributed by atoms with van der Waals surface area (Å²) < 4.78 is 63.9. The van der Waals surface area contributed by atoms with Crippen LogP contribution in [0.5, 0.6) is 46.0 Å². The first kappa shape index (κ1) is 71.6. The fourth-order valence-electron chi connectivity index (χ4n) is 10.3. The molecule has 1 aliphatic rings. The molecule has 4 amide bonds. The van der Waals surface area contributed by atoms with E-state index in [1.54, 1.807) is 0 Å². The van der Waals surface area contributed by atoms with E-state index in [-0.39, 0.29) is 117 Å². The summed E-state index contributed by atoms with van der Waals surface area (Å²) in [6.07, 6.45) is 1.29. The predicted molar refractivity (Wildman–Crippen MR) is 328 cm³/mol. The van der Waals surface area contributed by atoms with Crippen molar-refractivity contribution in [1.29, 1.82) is 0 Å². The number of hydrogen-bond donors (Lipinski definition) is 4. The molecule has 0 aliphatic carbocycles. The van der Waals surface area contributed by atoms with Crippen molar-refractivity contribution in [2.24, 2.45) is 0 Å². The van der Waals surface area contributed by atoms with Crippen LogP contribution in [0.3, 0.4) is 0 Å². The van der Waals surface area contributed by atoms with Crippen LogP contribution < -0.4 is 59.2 Å². The van der Waals surface area contributed by atoms with Gasteiger partial charge in [-0.1, -0.05) is 0 Å². The van der Waals surface area contributed by atoms with Crippen LogP contribution in [0.4, 0.5) is 0 Å². The van der Waals surface area contributed by atoms with Gasteiger partial charge in [0.25, 0.3) is 23.6 Å². The van der Waals surface area contributed by atoms with Gasteiger partial charge in [0.1, 0.15) is 22.3 Å². The molecule has 0 saturated carbocycles. The Kier molecular flexibility index (Phi) is 29.0. The Morgan fingerprint density at radius 3 is 0.611 bits per heavy atom. The third-order valence-corrected chi connectivity index (χ3v) is 14.9. The summed E-state index contributed by atoms with van der Waals surface area (Å²) in [5.74, 6) is -4.04. The summed E-state index contributed by atoms with van der Waals surface area (Å²) in [6.45, 7) is 6.99. The van der Waals surface area contributed by atoms with Gasteiger partial charge >= 0.3 is 23.9 Å². The third kappa shape index (κ3) is 18.5. The molecule has 0 aromatic heterocycles. The van der Waals surface area contributed by atoms with Gasteiger partial charge in [-0.15, -0.1) is 0 Å². The van der Waals surface area contributed by atoms with Crippen LogP contribution in [0.1, 0.15) is 95.7 Å². The van der Waals surface area contributed by atoms with Crippen molar-refractivity contribution in [3.63, 3.8) is 0 Å². The molecule has 4 aromatic rings. The molecule has 4 aromatic carbocycles. The molecule has 1 aliphatic heterocycles. The Labute approximate surface area is 523 Å². The highest BCUT2D eigenvalue weighted by molar-refractivity contribution is 6.04. The summed E-state index contributed by atoms with van der Waals surface area (Å²) in [4.78, 5) is 114. The van der Waals surface area contributed by atoms with E-state index in [1.807, 2.05) is 0 Å². The van der Waals surface area contributed by atoms with E-state index >= 15 is 0 Å². The zero-order valence-electron chi connectivity index (χ0n) is 53.3. The standard InChI is InChI=1S/C62H84N8O20/c1-79-47-39(15-19-43(51(47)83-5)59(75)87-9)55(71)63-23-31-67-27-13-28-69(33-25-65-57(73)41-17-21-45(61(77)89-11)53(85-7)49(41)81-3)37-38-70(34-26-66-58(74)42-18-22-46(62(78)90-12)54(86-8)50(42)82-4)30-14-29-68(36-35-67)32-24-64-56(72)40-16-20-44(60(76)88-10)52(84-6)48(40)80-2/h15-22H,13-14,23-38H2,1-12H3,(H,63,71)(H,64,72)(H,65,73)(H,66,74). The van der Waals surface area contributed by atoms with Crippen LogP contribution >= 0.6 is 0 Å². The lowest BCUT2D eigenvalue weighted by atomic mass is 10.1. The van der Waals surface area contributed by atoms with E-state index in [0.29, 0.717) is 91.4 Å². The maximum Gasteiger partial charge on any atom is 0.341 e. The third-order valence-electron chi connectivity index (χ3n) is 14.9. The SMILES string of the molecule is COC(=O)c1ccc(C(=O)NCCN2CCCN(CCNC(=O)c3ccc(C(=O)OC)c(OC)c3OC)CCN(CCNC(=O)c3ccc(C(=O)OC)c(OC)c3OC)CCCN(CCNC(=O)c3ccc(C(=O)OC)c(OC)c3OC)CC2)c(OC)c1OC. The molecule has 4 N–H and O–H groups in total. The zero-order chi connectivity index (χ0) is 65.9. The van der Waals surface area contributed by atoms with Crippen molar-refractivity contribution in [1.82, 2.24) is 40.9 Å². The molecule has 28 nitrogen and oxygen atoms in total. The second-order valence-electron chi connectivity index (χ2n) is 20.0. The van der Waals surface area contributed by atoms with Gasteiger partial charge in [0.05, 0.1) is 108 Å². The van der Waals surface area contributed by atoms with Gasteiger partial charge in [0.15, 0.2) is 46.0 Å². The van der Waals surface area contributed by atoms with E-state index in [0.717, 1.165) is 0 Å². The second kappa shape index (κ2) is 36.4. The molecule has 0 bridgehead atoms. The average molecular weight is 1260 g/mol. The number of amides is 4. The molecule has 0 radical (unpaired) electrons. The van der Waals surface area contributed by atoms with Gasteiger partial charge in [0, 0.05) is 78.5 Å². The zero-order valence-corrected chi connectivity index (χ0v) is 53.3. The number of hydrogen-bond acceptors (Lipinski definition) is 24. The Balaban J connectivity index is 1.42. The van der Waals surface area contributed by atoms with Crippen LogP contribution in [-0.4, -0.2) is 257 Å². The van der Waals surface area contributed by atoms with Gasteiger partial charge in [-0.3, -0.25) is 19.2 Å². The van der Waals surface area contributed by atoms with E-state index in [4.69, 9.17) is 56.8 Å². The van der Waals surface area contributed by atoms with Crippen LogP contribution in [0.25, 0.3) is 0 Å². The van der Waals surface area contributed by atoms with E-state index in [1.165, 1.54) is 134 Å². The summed E-state index contributed by atoms with van der Waals surface area (Å²) in [6, 6.07) is 11.6. The van der Waals surface area contributed by atoms with Gasteiger partial charge < -0.3 is 97.7 Å². The summed E-state index contributed by atoms with van der Waals surface area (Å²) in [5.41, 5.74) is 0.936. The van der Waals surface area contributed by atoms with Crippen LogP contribution in [-0.2, 0) is 18.9 Å². The number of ether oxygens (including phenoxy) is 12. The number of benzene rings is 4. The topological polar surface area (TPSA) is 308 Å². The first-order valence-electron chi connectivity index (χ1n) is 28.8. The monoisotopic (exact) mass is 1260 g/mol. The molecule has 1 saturated heterocycles. The lowest BCUT2D eigenvalue weighted by molar-refractivity contribution is 0.0587. The first-order chi connectivity index (χ1) is 43.5. The maximum absolute atomic E-state index is 13.8. The van der Waals surface area contributed by atoms with Crippen LogP contribution in [0.15, 0.2) is 48.5 Å². The molecule has 492 valence electrons. The molecule has 0 spiro atoms. The minimum atomic E-state index is -0.665. The Morgan fingerprint density at radius 1 is 0.278 bits per heavy atom. The van der Waals surface area contributed by atoms with Crippen LogP contribution in [0, 0.1) is 0 Å². The maximum atomic E-state index is 13.8. The second-order valence-corrected chi connectivity index (χ2v) is 20.0. The molecule has 28 heteroatoms. The molecular weight excluding hydrogens is 1180 g/mol. The molecule has 0 unspecified atom stereocenters. The smallest absolute Gasteiger partial charge is 0.341 e. The van der Waals surface area contributed by atoms with Crippen molar-refractivity contribution >= 4 is 47.5 Å². The molecule has 1 heterocycles. The van der Waals surface area contributed by atoms with Crippen LogP contribution in [0.2, 0.25) is 0 Å². The molecule has 90 heavy (non-hydrogen) atoms. The number of nitrogens with one attached hydrogen (secondary N) is 4. The quantitative estimate of drug-likeness (QED) is 0.0469. The van der Waals surface area contributed by atoms with Gasteiger partial charge in [-0.05, 0) is 87.6 Å². The molecular formula is C62H84N8O20. The minimum Gasteiger partial charge on any atom is -0.492 e. The number of rotatable bonds is 28. The Morgan fingerprint density at radius 2 is 0.444 bits per heavy atom. The van der Waals surface area contributed by atoms with Gasteiger partial charge in [0.2, 0.25) is 0 Å². The van der Waals surface area contributed by atoms with E-state index < -0.39 is 47.5 Å². The number of methoxy groups -OCH3 is 12. The van der Waals surface area contributed by atoms with Gasteiger partial charge in [-0.25, -0.2) is 19.2 Å². The van der Waals surface area contributed by atoms with Crippen molar-refractivity contribution in [3.8, 4) is 46.0 Å². The first-order valence-corrected chi connectivity index (χ1v) is 28.8. The fraction of sp³-hybridized carbons (Fsp3) is 0.484. The number of nitrogens with zero attached hydrogens (tertiary/aromatic N) is 4. The fourth-order valence-corrected chi connectivity index (χ4v) is 10.3. The van der Waals surface area contributed by atoms with Crippen molar-refractivity contribution in [2.75, 3.05) is 190 Å². The minimum absolute atomic E-state index is 0.0508. The molecule has 0 atom stereocenters. The van der Waals surface area contributed by atoms with E-state index in [2.05, 4.69) is 40.9 Å². The average Bonchev–Trinajstić information content (AvgIpc) is 0.993. The predicted octanol–water partition coefficient (Wildman–Crippen LogP) is 2.92. The molecule has 5 rings (SSSR count). The van der Waals surface area contributed by atoms with Crippen molar-refractivity contribution in [3.05, 3.63) is 93.0 Å². The number of carbonyl (C=O) groups excluding carboxylic acids is 8. The number of carbonyl (C=O) groups is 8. The summed E-state index contributed by atoms with van der Waals surface area (Å²) in [5, 5.41) is 12.0. The summed E-state index contributed by atoms with van der Waals surface area (Å²) >= 11 is 0. The van der Waals surface area contributed by atoms with E-state index in [9.17, 15) is 38.4 Å². The summed E-state index contributed by atoms with van der Waals surface area (Å²) in [7, 11) is 15.9. The highest BCUT2D eigenvalue weighted by Crippen LogP contribution is 2.39. The highest BCUT2D eigenvalue weighted by Gasteiger charge is 2.29. The Hall–Kier alpha value is -9.12. The largest absolute Gasteiger partial charge is 0.492 e. The normalized spacial score (nSPS) is 13.6. The lowest BCUT2D eigenvalue weighted by Gasteiger charge is -2.32. The van der Waals surface area contributed by atoms with Gasteiger partial charge in [-0.2, -0.15) is 0 Å². The van der Waals surface area contributed by atoms with Crippen molar-refractivity contribution in [2.45, 2.75) is 12.8 Å². The van der Waals surface area contributed by atoms with Crippen molar-refractivity contribution < 1.29 is 95.2 Å². The Bertz CT molecular complexity index is 2730.